The molecule has 2 aromatic rings. The van der Waals surface area contributed by atoms with Crippen molar-refractivity contribution in [1.29, 1.82) is 5.26 Å². The predicted molar refractivity (Wildman–Crippen MR) is 101 cm³/mol. The van der Waals surface area contributed by atoms with Crippen LogP contribution in [-0.2, 0) is 4.79 Å². The summed E-state index contributed by atoms with van der Waals surface area (Å²) >= 11 is 12.0. The summed E-state index contributed by atoms with van der Waals surface area (Å²) < 4.78 is 5.67. The number of carbonyl (C=O) groups excluding carboxylic acids is 1. The Morgan fingerprint density at radius 1 is 1.28 bits per heavy atom. The summed E-state index contributed by atoms with van der Waals surface area (Å²) in [4.78, 5) is 14.3. The molecule has 5 nitrogen and oxygen atoms in total. The van der Waals surface area contributed by atoms with Gasteiger partial charge in [-0.15, -0.1) is 0 Å². The van der Waals surface area contributed by atoms with Gasteiger partial charge in [0.25, 0.3) is 5.91 Å². The molecule has 25 heavy (non-hydrogen) atoms. The van der Waals surface area contributed by atoms with Crippen LogP contribution in [0.3, 0.4) is 0 Å². The highest BCUT2D eigenvalue weighted by Crippen LogP contribution is 2.30. The minimum Gasteiger partial charge on any atom is -0.441 e. The van der Waals surface area contributed by atoms with Crippen LogP contribution in [0.1, 0.15) is 19.6 Å². The van der Waals surface area contributed by atoms with Gasteiger partial charge in [-0.2, -0.15) is 5.26 Å². The van der Waals surface area contributed by atoms with Gasteiger partial charge < -0.3 is 14.6 Å². The molecule has 0 fully saturated rings. The highest BCUT2D eigenvalue weighted by atomic mass is 35.5. The zero-order valence-corrected chi connectivity index (χ0v) is 15.4. The van der Waals surface area contributed by atoms with Crippen molar-refractivity contribution >= 4 is 46.8 Å². The van der Waals surface area contributed by atoms with Crippen LogP contribution >= 0.6 is 23.2 Å². The van der Waals surface area contributed by atoms with Crippen LogP contribution in [0.2, 0.25) is 10.0 Å². The molecule has 1 amide bonds. The number of nitrogens with zero attached hydrogens (tertiary/aromatic N) is 2. The van der Waals surface area contributed by atoms with Crippen LogP contribution in [0.5, 0.6) is 0 Å². The lowest BCUT2D eigenvalue weighted by Crippen LogP contribution is -2.20. The van der Waals surface area contributed by atoms with E-state index in [0.29, 0.717) is 22.4 Å². The van der Waals surface area contributed by atoms with Crippen LogP contribution in [0.15, 0.2) is 40.3 Å². The van der Waals surface area contributed by atoms with Crippen molar-refractivity contribution < 1.29 is 9.21 Å². The fourth-order valence-electron chi connectivity index (χ4n) is 2.21. The van der Waals surface area contributed by atoms with E-state index in [1.165, 1.54) is 6.08 Å². The average molecular weight is 378 g/mol. The van der Waals surface area contributed by atoms with Crippen molar-refractivity contribution in [3.05, 3.63) is 51.7 Å². The molecule has 0 atom stereocenters. The van der Waals surface area contributed by atoms with Gasteiger partial charge in [0.15, 0.2) is 5.88 Å². The Morgan fingerprint density at radius 2 is 2.00 bits per heavy atom. The molecule has 1 aromatic carbocycles. The third-order valence-corrected chi connectivity index (χ3v) is 4.36. The summed E-state index contributed by atoms with van der Waals surface area (Å²) in [5.74, 6) is 0.519. The number of halogens is 2. The molecule has 1 heterocycles. The van der Waals surface area contributed by atoms with Gasteiger partial charge in [-0.3, -0.25) is 4.79 Å². The first-order valence-corrected chi connectivity index (χ1v) is 8.47. The lowest BCUT2D eigenvalue weighted by atomic mass is 10.2. The number of amides is 1. The quantitative estimate of drug-likeness (QED) is 0.569. The molecule has 0 saturated carbocycles. The van der Waals surface area contributed by atoms with E-state index in [-0.39, 0.29) is 10.6 Å². The van der Waals surface area contributed by atoms with E-state index in [9.17, 15) is 10.1 Å². The second kappa shape index (κ2) is 8.61. The summed E-state index contributed by atoms with van der Waals surface area (Å²) in [6, 6.07) is 10.3. The third kappa shape index (κ3) is 4.56. The average Bonchev–Trinajstić information content (AvgIpc) is 3.06. The summed E-state index contributed by atoms with van der Waals surface area (Å²) in [5.41, 5.74) is 0.236. The molecular formula is C18H17Cl2N3O2. The normalized spacial score (nSPS) is 11.1. The number of carbonyl (C=O) groups is 1. The first-order chi connectivity index (χ1) is 12.0. The van der Waals surface area contributed by atoms with Crippen molar-refractivity contribution in [2.75, 3.05) is 23.3 Å². The Hall–Kier alpha value is -2.42. The van der Waals surface area contributed by atoms with Gasteiger partial charge >= 0.3 is 0 Å². The third-order valence-electron chi connectivity index (χ3n) is 3.54. The lowest BCUT2D eigenvalue weighted by molar-refractivity contribution is -0.112. The monoisotopic (exact) mass is 377 g/mol. The first-order valence-electron chi connectivity index (χ1n) is 7.72. The molecule has 0 aliphatic heterocycles. The van der Waals surface area contributed by atoms with E-state index in [1.807, 2.05) is 24.8 Å². The molecule has 0 saturated heterocycles. The SMILES string of the molecule is CCN(CC)c1ccc(/C=C(/C#N)C(=O)Nc2cccc(Cl)c2Cl)o1. The maximum Gasteiger partial charge on any atom is 0.266 e. The maximum absolute atomic E-state index is 12.3. The Kier molecular flexibility index (Phi) is 6.51. The molecule has 1 aromatic heterocycles. The van der Waals surface area contributed by atoms with Gasteiger partial charge in [0, 0.05) is 25.2 Å². The van der Waals surface area contributed by atoms with Crippen molar-refractivity contribution in [2.24, 2.45) is 0 Å². The number of nitriles is 1. The number of nitrogens with one attached hydrogen (secondary N) is 1. The Labute approximate surface area is 156 Å². The van der Waals surface area contributed by atoms with E-state index < -0.39 is 5.91 Å². The highest BCUT2D eigenvalue weighted by Gasteiger charge is 2.14. The molecular weight excluding hydrogens is 361 g/mol. The molecule has 1 N–H and O–H groups in total. The van der Waals surface area contributed by atoms with Crippen LogP contribution in [-0.4, -0.2) is 19.0 Å². The van der Waals surface area contributed by atoms with Gasteiger partial charge in [0.05, 0.1) is 15.7 Å². The Morgan fingerprint density at radius 3 is 2.64 bits per heavy atom. The minimum atomic E-state index is -0.590. The first kappa shape index (κ1) is 18.9. The molecule has 0 bridgehead atoms. The second-order valence-corrected chi connectivity index (χ2v) is 5.86. The van der Waals surface area contributed by atoms with E-state index >= 15 is 0 Å². The van der Waals surface area contributed by atoms with Crippen LogP contribution < -0.4 is 10.2 Å². The van der Waals surface area contributed by atoms with E-state index in [4.69, 9.17) is 27.6 Å². The van der Waals surface area contributed by atoms with E-state index in [0.717, 1.165) is 13.1 Å². The lowest BCUT2D eigenvalue weighted by Gasteiger charge is -2.16. The van der Waals surface area contributed by atoms with Crippen LogP contribution in [0.25, 0.3) is 6.08 Å². The largest absolute Gasteiger partial charge is 0.441 e. The fourth-order valence-corrected chi connectivity index (χ4v) is 2.55. The van der Waals surface area contributed by atoms with Crippen molar-refractivity contribution in [1.82, 2.24) is 0 Å². The number of furan rings is 1. The van der Waals surface area contributed by atoms with Crippen molar-refractivity contribution in [2.45, 2.75) is 13.8 Å². The standard InChI is InChI=1S/C18H17Cl2N3O2/c1-3-23(4-2)16-9-8-13(25-16)10-12(11-21)18(24)22-15-7-5-6-14(19)17(15)20/h5-10H,3-4H2,1-2H3,(H,22,24)/b12-10-. The van der Waals surface area contributed by atoms with E-state index in [2.05, 4.69) is 5.32 Å². The van der Waals surface area contributed by atoms with Crippen LogP contribution in [0.4, 0.5) is 11.6 Å². The minimum absolute atomic E-state index is 0.100. The summed E-state index contributed by atoms with van der Waals surface area (Å²) in [6.45, 7) is 5.63. The summed E-state index contributed by atoms with van der Waals surface area (Å²) in [6.07, 6.45) is 1.39. The van der Waals surface area contributed by atoms with Crippen molar-refractivity contribution in [3.8, 4) is 6.07 Å². The number of hydrogen-bond acceptors (Lipinski definition) is 4. The van der Waals surface area contributed by atoms with Gasteiger partial charge in [-0.1, -0.05) is 29.3 Å². The topological polar surface area (TPSA) is 69.3 Å². The molecule has 0 aliphatic carbocycles. The van der Waals surface area contributed by atoms with Gasteiger partial charge in [-0.25, -0.2) is 0 Å². The predicted octanol–water partition coefficient (Wildman–Crippen LogP) is 4.98. The summed E-state index contributed by atoms with van der Waals surface area (Å²) in [5, 5.41) is 12.4. The van der Waals surface area contributed by atoms with Crippen molar-refractivity contribution in [3.63, 3.8) is 0 Å². The van der Waals surface area contributed by atoms with Crippen LogP contribution in [0, 0.1) is 11.3 Å². The number of benzene rings is 1. The molecule has 7 heteroatoms. The number of anilines is 2. The Bertz CT molecular complexity index is 833. The Balaban J connectivity index is 2.21. The molecule has 130 valence electrons. The molecule has 0 unspecified atom stereocenters. The number of hydrogen-bond donors (Lipinski definition) is 1. The zero-order chi connectivity index (χ0) is 18.4. The molecule has 0 radical (unpaired) electrons. The molecule has 2 rings (SSSR count). The smallest absolute Gasteiger partial charge is 0.266 e. The highest BCUT2D eigenvalue weighted by molar-refractivity contribution is 6.44. The maximum atomic E-state index is 12.3. The van der Waals surface area contributed by atoms with Gasteiger partial charge in [-0.05, 0) is 32.0 Å². The number of rotatable bonds is 6. The molecule has 0 spiro atoms. The van der Waals surface area contributed by atoms with E-state index in [1.54, 1.807) is 30.3 Å². The molecule has 0 aliphatic rings. The van der Waals surface area contributed by atoms with Gasteiger partial charge in [0.1, 0.15) is 17.4 Å². The fraction of sp³-hybridized carbons (Fsp3) is 0.222. The second-order valence-electron chi connectivity index (χ2n) is 5.07. The summed E-state index contributed by atoms with van der Waals surface area (Å²) in [7, 11) is 0. The van der Waals surface area contributed by atoms with Gasteiger partial charge in [0.2, 0.25) is 0 Å². The zero-order valence-electron chi connectivity index (χ0n) is 13.8.